The summed E-state index contributed by atoms with van der Waals surface area (Å²) in [5, 5.41) is 1.84. The summed E-state index contributed by atoms with van der Waals surface area (Å²) < 4.78 is 26.6. The zero-order valence-corrected chi connectivity index (χ0v) is 10.8. The van der Waals surface area contributed by atoms with Gasteiger partial charge in [-0.2, -0.15) is 4.72 Å². The molecular formula is C10H13N3O2S2. The first-order valence-corrected chi connectivity index (χ1v) is 7.33. The average molecular weight is 271 g/mol. The van der Waals surface area contributed by atoms with Gasteiger partial charge >= 0.3 is 0 Å². The summed E-state index contributed by atoms with van der Waals surface area (Å²) in [6.07, 6.45) is 1.82. The highest BCUT2D eigenvalue weighted by Crippen LogP contribution is 2.23. The van der Waals surface area contributed by atoms with Crippen molar-refractivity contribution in [3.05, 3.63) is 35.9 Å². The molecule has 5 nitrogen and oxygen atoms in total. The van der Waals surface area contributed by atoms with E-state index in [1.807, 2.05) is 18.7 Å². The third-order valence-corrected chi connectivity index (χ3v) is 4.88. The lowest BCUT2D eigenvalue weighted by Crippen LogP contribution is -2.39. The zero-order valence-electron chi connectivity index (χ0n) is 9.20. The Morgan fingerprint density at radius 1 is 1.35 bits per heavy atom. The van der Waals surface area contributed by atoms with E-state index in [1.165, 1.54) is 23.9 Å². The molecule has 1 unspecified atom stereocenters. The van der Waals surface area contributed by atoms with E-state index in [0.29, 0.717) is 5.69 Å². The third kappa shape index (κ3) is 2.74. The number of rotatable bonds is 3. The van der Waals surface area contributed by atoms with Crippen molar-refractivity contribution in [3.63, 3.8) is 0 Å². The third-order valence-electron chi connectivity index (χ3n) is 2.32. The van der Waals surface area contributed by atoms with E-state index < -0.39 is 10.0 Å². The zero-order chi connectivity index (χ0) is 12.5. The first-order chi connectivity index (χ1) is 7.99. The fourth-order valence-electron chi connectivity index (χ4n) is 1.34. The fraction of sp³-hybridized carbons (Fsp3) is 0.200. The first kappa shape index (κ1) is 12.3. The molecule has 2 rings (SSSR count). The van der Waals surface area contributed by atoms with Crippen LogP contribution in [-0.2, 0) is 10.0 Å². The van der Waals surface area contributed by atoms with Crippen molar-refractivity contribution in [1.29, 1.82) is 0 Å². The molecule has 7 heteroatoms. The Bertz CT molecular complexity index is 525. The van der Waals surface area contributed by atoms with Crippen LogP contribution in [0.3, 0.4) is 0 Å². The molecule has 1 aliphatic heterocycles. The summed E-state index contributed by atoms with van der Waals surface area (Å²) in [5.41, 5.74) is 5.76. The van der Waals surface area contributed by atoms with Gasteiger partial charge in [-0.05, 0) is 29.7 Å². The van der Waals surface area contributed by atoms with Crippen molar-refractivity contribution in [2.45, 2.75) is 10.4 Å². The van der Waals surface area contributed by atoms with Gasteiger partial charge in [0, 0.05) is 18.9 Å². The summed E-state index contributed by atoms with van der Waals surface area (Å²) >= 11 is 1.41. The van der Waals surface area contributed by atoms with Crippen LogP contribution in [0.15, 0.2) is 40.8 Å². The maximum atomic E-state index is 12.0. The SMILES string of the molecule is CN1C=CSC1NS(=O)(=O)c1ccc(N)cc1. The number of hydrogen-bond donors (Lipinski definition) is 2. The van der Waals surface area contributed by atoms with Crippen LogP contribution < -0.4 is 10.5 Å². The van der Waals surface area contributed by atoms with Crippen molar-refractivity contribution in [2.75, 3.05) is 12.8 Å². The number of sulfonamides is 1. The van der Waals surface area contributed by atoms with Crippen molar-refractivity contribution in [3.8, 4) is 0 Å². The van der Waals surface area contributed by atoms with Crippen molar-refractivity contribution < 1.29 is 8.42 Å². The van der Waals surface area contributed by atoms with Crippen molar-refractivity contribution in [2.24, 2.45) is 0 Å². The average Bonchev–Trinajstić information content (AvgIpc) is 2.64. The van der Waals surface area contributed by atoms with Gasteiger partial charge in [0.05, 0.1) is 4.90 Å². The molecular weight excluding hydrogens is 258 g/mol. The molecule has 0 aromatic heterocycles. The first-order valence-electron chi connectivity index (χ1n) is 4.91. The van der Waals surface area contributed by atoms with Gasteiger partial charge in [-0.15, -0.1) is 0 Å². The molecule has 0 fully saturated rings. The summed E-state index contributed by atoms with van der Waals surface area (Å²) in [5.74, 6) is 0. The van der Waals surface area contributed by atoms with Crippen LogP contribution in [-0.4, -0.2) is 25.9 Å². The van der Waals surface area contributed by atoms with Gasteiger partial charge in [0.25, 0.3) is 0 Å². The minimum Gasteiger partial charge on any atom is -0.399 e. The number of hydrogen-bond acceptors (Lipinski definition) is 5. The molecule has 0 spiro atoms. The van der Waals surface area contributed by atoms with Crippen LogP contribution in [0.5, 0.6) is 0 Å². The molecule has 0 saturated carbocycles. The Labute approximate surface area is 105 Å². The van der Waals surface area contributed by atoms with Gasteiger partial charge in [-0.3, -0.25) is 0 Å². The molecule has 1 aromatic rings. The van der Waals surface area contributed by atoms with Crippen LogP contribution in [0.25, 0.3) is 0 Å². The summed E-state index contributed by atoms with van der Waals surface area (Å²) in [4.78, 5) is 2.01. The molecule has 0 bridgehead atoms. The number of nitrogen functional groups attached to an aromatic ring is 1. The molecule has 0 aliphatic carbocycles. The van der Waals surface area contributed by atoms with Gasteiger partial charge in [-0.1, -0.05) is 11.8 Å². The second-order valence-electron chi connectivity index (χ2n) is 3.63. The normalized spacial score (nSPS) is 19.8. The highest BCUT2D eigenvalue weighted by molar-refractivity contribution is 8.03. The maximum absolute atomic E-state index is 12.0. The summed E-state index contributed by atoms with van der Waals surface area (Å²) in [6, 6.07) is 6.12. The molecule has 3 N–H and O–H groups in total. The highest BCUT2D eigenvalue weighted by atomic mass is 32.2. The summed E-state index contributed by atoms with van der Waals surface area (Å²) in [6.45, 7) is 0. The number of nitrogens with two attached hydrogens (primary N) is 1. The second-order valence-corrected chi connectivity index (χ2v) is 6.33. The van der Waals surface area contributed by atoms with Crippen LogP contribution in [0.1, 0.15) is 0 Å². The number of nitrogens with zero attached hydrogens (tertiary/aromatic N) is 1. The predicted octanol–water partition coefficient (Wildman–Crippen LogP) is 0.981. The van der Waals surface area contributed by atoms with Gasteiger partial charge in [-0.25, -0.2) is 8.42 Å². The number of nitrogens with one attached hydrogen (secondary N) is 1. The van der Waals surface area contributed by atoms with E-state index >= 15 is 0 Å². The maximum Gasteiger partial charge on any atom is 0.242 e. The van der Waals surface area contributed by atoms with Crippen LogP contribution in [0, 0.1) is 0 Å². The van der Waals surface area contributed by atoms with Crippen LogP contribution >= 0.6 is 11.8 Å². The standard InChI is InChI=1S/C10H13N3O2S2/c1-13-6-7-16-10(13)12-17(14,15)9-4-2-8(11)3-5-9/h2-7,10,12H,11H2,1H3. The van der Waals surface area contributed by atoms with Crippen molar-refractivity contribution in [1.82, 2.24) is 9.62 Å². The molecule has 1 aromatic carbocycles. The predicted molar refractivity (Wildman–Crippen MR) is 69.5 cm³/mol. The highest BCUT2D eigenvalue weighted by Gasteiger charge is 2.23. The van der Waals surface area contributed by atoms with E-state index in [9.17, 15) is 8.42 Å². The lowest BCUT2D eigenvalue weighted by molar-refractivity contribution is 0.416. The van der Waals surface area contributed by atoms with Gasteiger partial charge in [0.15, 0.2) is 0 Å². The number of benzene rings is 1. The van der Waals surface area contributed by atoms with E-state index in [-0.39, 0.29) is 10.4 Å². The van der Waals surface area contributed by atoms with Gasteiger partial charge in [0.1, 0.15) is 5.50 Å². The molecule has 1 atom stereocenters. The minimum atomic E-state index is -3.50. The van der Waals surface area contributed by atoms with Crippen molar-refractivity contribution >= 4 is 27.5 Å². The van der Waals surface area contributed by atoms with Crippen LogP contribution in [0.4, 0.5) is 5.69 Å². The van der Waals surface area contributed by atoms with E-state index in [1.54, 1.807) is 17.0 Å². The Balaban J connectivity index is 2.17. The molecule has 17 heavy (non-hydrogen) atoms. The summed E-state index contributed by atoms with van der Waals surface area (Å²) in [7, 11) is -1.69. The van der Waals surface area contributed by atoms with Gasteiger partial charge in [0.2, 0.25) is 10.0 Å². The Morgan fingerprint density at radius 2 is 2.00 bits per heavy atom. The number of thioether (sulfide) groups is 1. The topological polar surface area (TPSA) is 75.4 Å². The molecule has 0 radical (unpaired) electrons. The Kier molecular flexibility index (Phi) is 3.32. The molecule has 92 valence electrons. The van der Waals surface area contributed by atoms with E-state index in [0.717, 1.165) is 0 Å². The fourth-order valence-corrected chi connectivity index (χ4v) is 3.68. The quantitative estimate of drug-likeness (QED) is 0.802. The lowest BCUT2D eigenvalue weighted by Gasteiger charge is -2.20. The monoisotopic (exact) mass is 271 g/mol. The second kappa shape index (κ2) is 4.59. The Morgan fingerprint density at radius 3 is 2.53 bits per heavy atom. The van der Waals surface area contributed by atoms with E-state index in [2.05, 4.69) is 4.72 Å². The molecule has 1 heterocycles. The van der Waals surface area contributed by atoms with Crippen LogP contribution in [0.2, 0.25) is 0 Å². The molecule has 0 amide bonds. The molecule has 0 saturated heterocycles. The number of anilines is 1. The smallest absolute Gasteiger partial charge is 0.242 e. The minimum absolute atomic E-state index is 0.215. The van der Waals surface area contributed by atoms with E-state index in [4.69, 9.17) is 5.73 Å². The lowest BCUT2D eigenvalue weighted by atomic mass is 10.3. The Hall–Kier alpha value is -1.18. The van der Waals surface area contributed by atoms with Gasteiger partial charge < -0.3 is 10.6 Å². The molecule has 1 aliphatic rings. The largest absolute Gasteiger partial charge is 0.399 e.